The largest absolute Gasteiger partial charge is 0.295 e. The van der Waals surface area contributed by atoms with Crippen molar-refractivity contribution in [2.45, 2.75) is 38.1 Å². The van der Waals surface area contributed by atoms with E-state index in [0.29, 0.717) is 28.8 Å². The Balaban J connectivity index is 1.33. The molecule has 0 saturated heterocycles. The van der Waals surface area contributed by atoms with Gasteiger partial charge in [0.25, 0.3) is 5.56 Å². The molecule has 29 heavy (non-hydrogen) atoms. The van der Waals surface area contributed by atoms with E-state index in [2.05, 4.69) is 10.1 Å². The Morgan fingerprint density at radius 2 is 1.90 bits per heavy atom. The van der Waals surface area contributed by atoms with E-state index in [0.717, 1.165) is 42.1 Å². The SMILES string of the molecule is O=c1c2ccc(Cl)cc2[nH]n1CC1CCC(c2ccnc3ccc(F)cc23)CC1. The Kier molecular flexibility index (Phi) is 4.63. The molecule has 6 heteroatoms. The van der Waals surface area contributed by atoms with Crippen molar-refractivity contribution < 1.29 is 4.39 Å². The first-order valence-electron chi connectivity index (χ1n) is 10.0. The second kappa shape index (κ2) is 7.30. The highest BCUT2D eigenvalue weighted by atomic mass is 35.5. The van der Waals surface area contributed by atoms with E-state index >= 15 is 0 Å². The molecule has 0 spiro atoms. The number of aromatic amines is 1. The molecule has 0 amide bonds. The number of aromatic nitrogens is 3. The molecule has 2 aromatic heterocycles. The van der Waals surface area contributed by atoms with E-state index in [9.17, 15) is 9.18 Å². The molecule has 1 saturated carbocycles. The third-order valence-corrected chi connectivity index (χ3v) is 6.41. The molecule has 0 bridgehead atoms. The maximum atomic E-state index is 13.8. The lowest BCUT2D eigenvalue weighted by molar-refractivity contribution is 0.284. The fourth-order valence-corrected chi connectivity index (χ4v) is 4.85. The monoisotopic (exact) mass is 409 g/mol. The molecule has 1 N–H and O–H groups in total. The van der Waals surface area contributed by atoms with Crippen LogP contribution >= 0.6 is 11.6 Å². The van der Waals surface area contributed by atoms with Crippen LogP contribution in [-0.4, -0.2) is 14.8 Å². The fraction of sp³-hybridized carbons (Fsp3) is 0.304. The van der Waals surface area contributed by atoms with Gasteiger partial charge in [0.2, 0.25) is 0 Å². The summed E-state index contributed by atoms with van der Waals surface area (Å²) in [6.07, 6.45) is 5.94. The molecule has 4 nitrogen and oxygen atoms in total. The number of halogens is 2. The van der Waals surface area contributed by atoms with Crippen molar-refractivity contribution in [1.82, 2.24) is 14.8 Å². The Morgan fingerprint density at radius 3 is 2.72 bits per heavy atom. The number of pyridine rings is 1. The van der Waals surface area contributed by atoms with Crippen molar-refractivity contribution >= 4 is 33.4 Å². The molecule has 1 aliphatic carbocycles. The van der Waals surface area contributed by atoms with Gasteiger partial charge >= 0.3 is 0 Å². The summed E-state index contributed by atoms with van der Waals surface area (Å²) in [5.74, 6) is 0.618. The van der Waals surface area contributed by atoms with Gasteiger partial charge in [-0.3, -0.25) is 19.6 Å². The summed E-state index contributed by atoms with van der Waals surface area (Å²) in [6.45, 7) is 0.684. The fourth-order valence-electron chi connectivity index (χ4n) is 4.68. The van der Waals surface area contributed by atoms with Crippen LogP contribution in [0, 0.1) is 11.7 Å². The van der Waals surface area contributed by atoms with Gasteiger partial charge < -0.3 is 0 Å². The Morgan fingerprint density at radius 1 is 1.07 bits per heavy atom. The van der Waals surface area contributed by atoms with Gasteiger partial charge in [-0.25, -0.2) is 4.39 Å². The van der Waals surface area contributed by atoms with Gasteiger partial charge in [0.1, 0.15) is 5.82 Å². The normalized spacial score (nSPS) is 19.8. The van der Waals surface area contributed by atoms with Gasteiger partial charge in [0.05, 0.1) is 16.4 Å². The highest BCUT2D eigenvalue weighted by molar-refractivity contribution is 6.31. The second-order valence-electron chi connectivity index (χ2n) is 8.00. The summed E-state index contributed by atoms with van der Waals surface area (Å²) in [4.78, 5) is 17.0. The Bertz CT molecular complexity index is 1250. The minimum atomic E-state index is -0.223. The highest BCUT2D eigenvalue weighted by Crippen LogP contribution is 2.38. The van der Waals surface area contributed by atoms with Gasteiger partial charge in [0, 0.05) is 23.2 Å². The van der Waals surface area contributed by atoms with Crippen LogP contribution in [0.25, 0.3) is 21.8 Å². The number of nitrogens with zero attached hydrogens (tertiary/aromatic N) is 2. The molecule has 2 aromatic carbocycles. The molecule has 4 aromatic rings. The number of hydrogen-bond acceptors (Lipinski definition) is 2. The van der Waals surface area contributed by atoms with Crippen molar-refractivity contribution in [2.24, 2.45) is 5.92 Å². The van der Waals surface area contributed by atoms with E-state index in [-0.39, 0.29) is 11.4 Å². The third kappa shape index (κ3) is 3.44. The predicted molar refractivity (Wildman–Crippen MR) is 114 cm³/mol. The minimum Gasteiger partial charge on any atom is -0.295 e. The first-order chi connectivity index (χ1) is 14.1. The maximum Gasteiger partial charge on any atom is 0.274 e. The lowest BCUT2D eigenvalue weighted by atomic mass is 9.78. The van der Waals surface area contributed by atoms with E-state index in [4.69, 9.17) is 11.6 Å². The zero-order valence-electron chi connectivity index (χ0n) is 15.9. The summed E-state index contributed by atoms with van der Waals surface area (Å²) in [6, 6.07) is 12.1. The van der Waals surface area contributed by atoms with Crippen LogP contribution in [0.5, 0.6) is 0 Å². The average Bonchev–Trinajstić information content (AvgIpc) is 3.02. The summed E-state index contributed by atoms with van der Waals surface area (Å²) in [5, 5.41) is 5.40. The van der Waals surface area contributed by atoms with Crippen LogP contribution in [0.3, 0.4) is 0 Å². The van der Waals surface area contributed by atoms with E-state index in [1.165, 1.54) is 11.6 Å². The number of benzene rings is 2. The molecule has 5 rings (SSSR count). The van der Waals surface area contributed by atoms with Crippen molar-refractivity contribution in [3.8, 4) is 0 Å². The van der Waals surface area contributed by atoms with Gasteiger partial charge in [-0.1, -0.05) is 11.6 Å². The topological polar surface area (TPSA) is 50.7 Å². The number of H-pyrrole nitrogens is 1. The standard InChI is InChI=1S/C23H21ClFN3O/c24-16-5-7-19-22(11-16)27-28(23(19)29)13-14-1-3-15(4-2-14)18-9-10-26-21-8-6-17(25)12-20(18)21/h5-12,14-15,27H,1-4,13H2. The summed E-state index contributed by atoms with van der Waals surface area (Å²) in [5.41, 5.74) is 2.82. The van der Waals surface area contributed by atoms with Crippen LogP contribution in [0.2, 0.25) is 5.02 Å². The smallest absolute Gasteiger partial charge is 0.274 e. The number of fused-ring (bicyclic) bond motifs is 2. The summed E-state index contributed by atoms with van der Waals surface area (Å²) < 4.78 is 15.5. The van der Waals surface area contributed by atoms with Crippen molar-refractivity contribution in [3.63, 3.8) is 0 Å². The predicted octanol–water partition coefficient (Wildman–Crippen LogP) is 5.64. The molecule has 1 fully saturated rings. The molecule has 1 aliphatic rings. The van der Waals surface area contributed by atoms with E-state index in [1.54, 1.807) is 35.0 Å². The highest BCUT2D eigenvalue weighted by Gasteiger charge is 2.25. The number of nitrogens with one attached hydrogen (secondary N) is 1. The minimum absolute atomic E-state index is 0.00870. The van der Waals surface area contributed by atoms with E-state index in [1.807, 2.05) is 12.3 Å². The van der Waals surface area contributed by atoms with E-state index < -0.39 is 0 Å². The van der Waals surface area contributed by atoms with Crippen molar-refractivity contribution in [1.29, 1.82) is 0 Å². The van der Waals surface area contributed by atoms with Crippen LogP contribution in [-0.2, 0) is 6.54 Å². The molecule has 0 unspecified atom stereocenters. The number of hydrogen-bond donors (Lipinski definition) is 1. The molecule has 0 aliphatic heterocycles. The lowest BCUT2D eigenvalue weighted by Crippen LogP contribution is -2.24. The van der Waals surface area contributed by atoms with Gasteiger partial charge in [0.15, 0.2) is 0 Å². The van der Waals surface area contributed by atoms with Crippen molar-refractivity contribution in [3.05, 3.63) is 75.4 Å². The van der Waals surface area contributed by atoms with Gasteiger partial charge in [-0.05, 0) is 85.5 Å². The quantitative estimate of drug-likeness (QED) is 0.475. The van der Waals surface area contributed by atoms with Gasteiger partial charge in [-0.15, -0.1) is 0 Å². The molecule has 0 atom stereocenters. The molecule has 148 valence electrons. The molecule has 2 heterocycles. The maximum absolute atomic E-state index is 13.8. The Labute approximate surface area is 172 Å². The van der Waals surface area contributed by atoms with Gasteiger partial charge in [-0.2, -0.15) is 0 Å². The molecular weight excluding hydrogens is 389 g/mol. The third-order valence-electron chi connectivity index (χ3n) is 6.18. The van der Waals surface area contributed by atoms with Crippen LogP contribution in [0.1, 0.15) is 37.2 Å². The number of rotatable bonds is 3. The van der Waals surface area contributed by atoms with Crippen LogP contribution < -0.4 is 5.56 Å². The van der Waals surface area contributed by atoms with Crippen molar-refractivity contribution in [2.75, 3.05) is 0 Å². The zero-order chi connectivity index (χ0) is 20.0. The first kappa shape index (κ1) is 18.4. The first-order valence-corrected chi connectivity index (χ1v) is 10.4. The van der Waals surface area contributed by atoms with Crippen LogP contribution in [0.15, 0.2) is 53.5 Å². The Hall–Kier alpha value is -2.66. The zero-order valence-corrected chi connectivity index (χ0v) is 16.6. The lowest BCUT2D eigenvalue weighted by Gasteiger charge is -2.29. The molecular formula is C23H21ClFN3O. The summed E-state index contributed by atoms with van der Waals surface area (Å²) >= 11 is 6.04. The second-order valence-corrected chi connectivity index (χ2v) is 8.43. The summed E-state index contributed by atoms with van der Waals surface area (Å²) in [7, 11) is 0. The molecule has 0 radical (unpaired) electrons. The average molecular weight is 410 g/mol. The van der Waals surface area contributed by atoms with Crippen LogP contribution in [0.4, 0.5) is 4.39 Å².